The van der Waals surface area contributed by atoms with Crippen molar-refractivity contribution in [3.8, 4) is 0 Å². The Morgan fingerprint density at radius 3 is 2.82 bits per heavy atom. The van der Waals surface area contributed by atoms with Gasteiger partial charge in [-0.25, -0.2) is 0 Å². The number of pyridine rings is 1. The second kappa shape index (κ2) is 10.8. The summed E-state index contributed by atoms with van der Waals surface area (Å²) in [6.45, 7) is 2.00. The van der Waals surface area contributed by atoms with Crippen LogP contribution in [-0.4, -0.2) is 65.2 Å². The number of benzene rings is 1. The average Bonchev–Trinajstić information content (AvgIpc) is 3.26. The molecule has 1 aliphatic rings. The predicted molar refractivity (Wildman–Crippen MR) is 131 cm³/mol. The van der Waals surface area contributed by atoms with Crippen molar-refractivity contribution in [3.05, 3.63) is 78.3 Å². The molecular formula is C24H26N6O2S. The fourth-order valence-corrected chi connectivity index (χ4v) is 4.31. The van der Waals surface area contributed by atoms with Crippen LogP contribution in [0.1, 0.15) is 10.5 Å². The minimum Gasteiger partial charge on any atom is -0.372 e. The zero-order chi connectivity index (χ0) is 23.0. The standard InChI is InChI=1S/C24H26N6O2S/c1-30-15-7-5-10-19(30)22(28-24(32)18-9-4-6-12-26-18)20(31)16-25-13-14-27-23-17-8-2-3-11-21(17)33-29-23/h2-12,22,25H,13-16H2,1H3,(H,27,29)(H,28,32)/t22-/m0/s1. The Kier molecular flexibility index (Phi) is 7.43. The molecule has 0 saturated carbocycles. The number of rotatable bonds is 10. The minimum absolute atomic E-state index is 0.119. The molecule has 0 saturated heterocycles. The molecule has 1 amide bonds. The number of nitrogens with one attached hydrogen (secondary N) is 3. The van der Waals surface area contributed by atoms with Gasteiger partial charge in [-0.1, -0.05) is 30.4 Å². The lowest BCUT2D eigenvalue weighted by molar-refractivity contribution is -0.119. The van der Waals surface area contributed by atoms with Gasteiger partial charge >= 0.3 is 0 Å². The second-order valence-corrected chi connectivity index (χ2v) is 8.42. The van der Waals surface area contributed by atoms with Crippen LogP contribution in [0.15, 0.2) is 72.6 Å². The van der Waals surface area contributed by atoms with Crippen molar-refractivity contribution in [1.29, 1.82) is 0 Å². The lowest BCUT2D eigenvalue weighted by atomic mass is 10.0. The Morgan fingerprint density at radius 1 is 1.15 bits per heavy atom. The molecular weight excluding hydrogens is 436 g/mol. The molecule has 3 aromatic rings. The summed E-state index contributed by atoms with van der Waals surface area (Å²) in [6.07, 6.45) is 7.32. The van der Waals surface area contributed by atoms with Crippen LogP contribution in [-0.2, 0) is 4.79 Å². The van der Waals surface area contributed by atoms with Crippen molar-refractivity contribution in [2.75, 3.05) is 38.5 Å². The Balaban J connectivity index is 1.34. The molecule has 0 fully saturated rings. The maximum atomic E-state index is 13.1. The van der Waals surface area contributed by atoms with Gasteiger partial charge in [0.2, 0.25) is 0 Å². The van der Waals surface area contributed by atoms with Crippen LogP contribution in [0.3, 0.4) is 0 Å². The van der Waals surface area contributed by atoms with Gasteiger partial charge in [-0.15, -0.1) is 0 Å². The number of nitrogens with zero attached hydrogens (tertiary/aromatic N) is 3. The number of amides is 1. The normalized spacial score (nSPS) is 14.1. The van der Waals surface area contributed by atoms with Crippen molar-refractivity contribution in [1.82, 2.24) is 24.9 Å². The van der Waals surface area contributed by atoms with Crippen LogP contribution in [0, 0.1) is 0 Å². The Morgan fingerprint density at radius 2 is 2.00 bits per heavy atom. The van der Waals surface area contributed by atoms with E-state index < -0.39 is 6.04 Å². The Bertz CT molecular complexity index is 1170. The SMILES string of the molecule is CN1CC=CC=C1[C@H](NC(=O)c1ccccn1)C(=O)CNCCNc1nsc2ccccc12. The molecule has 8 nitrogen and oxygen atoms in total. The molecule has 0 aliphatic carbocycles. The molecule has 0 unspecified atom stereocenters. The van der Waals surface area contributed by atoms with Gasteiger partial charge in [0, 0.05) is 44.0 Å². The van der Waals surface area contributed by atoms with E-state index in [1.54, 1.807) is 24.4 Å². The van der Waals surface area contributed by atoms with E-state index in [0.717, 1.165) is 21.6 Å². The average molecular weight is 463 g/mol. The number of allylic oxidation sites excluding steroid dienone is 2. The maximum Gasteiger partial charge on any atom is 0.270 e. The lowest BCUT2D eigenvalue weighted by Crippen LogP contribution is -2.49. The highest BCUT2D eigenvalue weighted by molar-refractivity contribution is 7.13. The topological polar surface area (TPSA) is 99.2 Å². The molecule has 1 aliphatic heterocycles. The van der Waals surface area contributed by atoms with Crippen LogP contribution in [0.5, 0.6) is 0 Å². The molecule has 4 rings (SSSR count). The summed E-state index contributed by atoms with van der Waals surface area (Å²) in [5.41, 5.74) is 1.03. The number of carbonyl (C=O) groups is 2. The Labute approximate surface area is 196 Å². The van der Waals surface area contributed by atoms with Crippen LogP contribution in [0.2, 0.25) is 0 Å². The van der Waals surface area contributed by atoms with E-state index in [0.29, 0.717) is 19.6 Å². The van der Waals surface area contributed by atoms with Gasteiger partial charge in [0.1, 0.15) is 17.6 Å². The number of fused-ring (bicyclic) bond motifs is 1. The first-order valence-electron chi connectivity index (χ1n) is 10.7. The maximum absolute atomic E-state index is 13.1. The smallest absolute Gasteiger partial charge is 0.270 e. The molecule has 170 valence electrons. The number of anilines is 1. The molecule has 1 atom stereocenters. The highest BCUT2D eigenvalue weighted by atomic mass is 32.1. The summed E-state index contributed by atoms with van der Waals surface area (Å²) < 4.78 is 5.58. The molecule has 3 N–H and O–H groups in total. The third-order valence-electron chi connectivity index (χ3n) is 5.28. The van der Waals surface area contributed by atoms with Gasteiger partial charge in [0.15, 0.2) is 5.78 Å². The van der Waals surface area contributed by atoms with Gasteiger partial charge in [-0.05, 0) is 41.9 Å². The fraction of sp³-hybridized carbons (Fsp3) is 0.250. The van der Waals surface area contributed by atoms with Gasteiger partial charge < -0.3 is 20.9 Å². The monoisotopic (exact) mass is 462 g/mol. The van der Waals surface area contributed by atoms with Crippen molar-refractivity contribution in [2.24, 2.45) is 0 Å². The first-order valence-corrected chi connectivity index (χ1v) is 11.5. The van der Waals surface area contributed by atoms with Crippen LogP contribution >= 0.6 is 11.5 Å². The van der Waals surface area contributed by atoms with Gasteiger partial charge in [-0.3, -0.25) is 14.6 Å². The van der Waals surface area contributed by atoms with Crippen LogP contribution in [0.25, 0.3) is 10.1 Å². The molecule has 9 heteroatoms. The summed E-state index contributed by atoms with van der Waals surface area (Å²) in [5.74, 6) is 0.353. The molecule has 0 radical (unpaired) electrons. The summed E-state index contributed by atoms with van der Waals surface area (Å²) in [7, 11) is 1.90. The van der Waals surface area contributed by atoms with E-state index in [1.165, 1.54) is 11.5 Å². The Hall–Kier alpha value is -3.56. The number of Topliss-reactive ketones (excluding diaryl/α,β-unsaturated/α-hetero) is 1. The molecule has 0 spiro atoms. The summed E-state index contributed by atoms with van der Waals surface area (Å²) in [4.78, 5) is 31.8. The summed E-state index contributed by atoms with van der Waals surface area (Å²) in [5, 5.41) is 10.4. The highest BCUT2D eigenvalue weighted by Gasteiger charge is 2.27. The van der Waals surface area contributed by atoms with Gasteiger partial charge in [0.05, 0.1) is 11.2 Å². The molecule has 3 heterocycles. The van der Waals surface area contributed by atoms with Crippen molar-refractivity contribution < 1.29 is 9.59 Å². The van der Waals surface area contributed by atoms with E-state index in [1.807, 2.05) is 54.4 Å². The van der Waals surface area contributed by atoms with Crippen LogP contribution in [0.4, 0.5) is 5.82 Å². The largest absolute Gasteiger partial charge is 0.372 e. The highest BCUT2D eigenvalue weighted by Crippen LogP contribution is 2.25. The first kappa shape index (κ1) is 22.6. The van der Waals surface area contributed by atoms with Crippen molar-refractivity contribution in [2.45, 2.75) is 6.04 Å². The lowest BCUT2D eigenvalue weighted by Gasteiger charge is -2.30. The summed E-state index contributed by atoms with van der Waals surface area (Å²) >= 11 is 1.46. The zero-order valence-electron chi connectivity index (χ0n) is 18.3. The molecule has 1 aromatic carbocycles. The predicted octanol–water partition coefficient (Wildman–Crippen LogP) is 2.45. The number of ketones is 1. The quantitative estimate of drug-likeness (QED) is 0.398. The van der Waals surface area contributed by atoms with Crippen molar-refractivity contribution >= 4 is 39.1 Å². The number of carbonyl (C=O) groups excluding carboxylic acids is 2. The number of hydrogen-bond donors (Lipinski definition) is 3. The molecule has 0 bridgehead atoms. The fourth-order valence-electron chi connectivity index (χ4n) is 3.55. The zero-order valence-corrected chi connectivity index (χ0v) is 19.1. The van der Waals surface area contributed by atoms with Gasteiger partial charge in [0.25, 0.3) is 5.91 Å². The first-order chi connectivity index (χ1) is 16.1. The van der Waals surface area contributed by atoms with Crippen LogP contribution < -0.4 is 16.0 Å². The third kappa shape index (κ3) is 5.63. The van der Waals surface area contributed by atoms with E-state index in [4.69, 9.17) is 0 Å². The summed E-state index contributed by atoms with van der Waals surface area (Å²) in [6, 6.07) is 12.4. The van der Waals surface area contributed by atoms with Crippen molar-refractivity contribution in [3.63, 3.8) is 0 Å². The minimum atomic E-state index is -0.766. The molecule has 2 aromatic heterocycles. The van der Waals surface area contributed by atoms with E-state index in [2.05, 4.69) is 25.3 Å². The van der Waals surface area contributed by atoms with E-state index in [-0.39, 0.29) is 23.9 Å². The second-order valence-electron chi connectivity index (χ2n) is 7.62. The number of likely N-dealkylation sites (N-methyl/N-ethyl adjacent to an activating group) is 1. The molecule has 33 heavy (non-hydrogen) atoms. The van der Waals surface area contributed by atoms with E-state index in [9.17, 15) is 9.59 Å². The number of hydrogen-bond acceptors (Lipinski definition) is 8. The number of aromatic nitrogens is 2. The van der Waals surface area contributed by atoms with E-state index >= 15 is 0 Å². The third-order valence-corrected chi connectivity index (χ3v) is 6.11. The van der Waals surface area contributed by atoms with Gasteiger partial charge in [-0.2, -0.15) is 4.37 Å².